The largest absolute Gasteiger partial charge is 0.353 e. The van der Waals surface area contributed by atoms with Gasteiger partial charge in [-0.1, -0.05) is 50.2 Å². The van der Waals surface area contributed by atoms with E-state index in [2.05, 4.69) is 95.2 Å². The summed E-state index contributed by atoms with van der Waals surface area (Å²) in [6.45, 7) is 4.41. The maximum Gasteiger partial charge on any atom is 0.0958 e. The van der Waals surface area contributed by atoms with Gasteiger partial charge in [0.1, 0.15) is 0 Å². The number of aromatic amines is 2. The van der Waals surface area contributed by atoms with Crippen molar-refractivity contribution in [2.75, 3.05) is 0 Å². The Kier molecular flexibility index (Phi) is 4.17. The highest BCUT2D eigenvalue weighted by atomic mass is 32.1. The summed E-state index contributed by atoms with van der Waals surface area (Å²) in [4.78, 5) is 17.2. The van der Waals surface area contributed by atoms with E-state index in [1.54, 1.807) is 11.3 Å². The van der Waals surface area contributed by atoms with Crippen LogP contribution in [0.3, 0.4) is 0 Å². The second-order valence-electron chi connectivity index (χ2n) is 9.09. The lowest BCUT2D eigenvalue weighted by Crippen LogP contribution is -1.97. The van der Waals surface area contributed by atoms with Crippen molar-refractivity contribution in [1.82, 2.24) is 19.9 Å². The number of para-hydroxylation sites is 2. The number of nitrogens with one attached hydrogen (secondary N) is 2. The van der Waals surface area contributed by atoms with E-state index in [0.29, 0.717) is 5.92 Å². The molecule has 0 radical (unpaired) electrons. The van der Waals surface area contributed by atoms with Gasteiger partial charge in [-0.2, -0.15) is 11.3 Å². The SMILES string of the molecule is CC(C)c1nc(-c2cscc2-c2nccc3c2[nH]c2ccccc23)cc2c1[nH]c1ccccc12. The fourth-order valence-corrected chi connectivity index (χ4v) is 5.91. The summed E-state index contributed by atoms with van der Waals surface area (Å²) in [5, 5.41) is 9.26. The van der Waals surface area contributed by atoms with Crippen LogP contribution < -0.4 is 0 Å². The van der Waals surface area contributed by atoms with Gasteiger partial charge < -0.3 is 9.97 Å². The van der Waals surface area contributed by atoms with Crippen molar-refractivity contribution in [2.45, 2.75) is 19.8 Å². The van der Waals surface area contributed by atoms with Gasteiger partial charge in [-0.15, -0.1) is 0 Å². The summed E-state index contributed by atoms with van der Waals surface area (Å²) in [5.41, 5.74) is 9.77. The van der Waals surface area contributed by atoms with Crippen LogP contribution in [0.15, 0.2) is 77.6 Å². The standard InChI is InChI=1S/C29H22N4S/c1-16(2)26-29-20(18-8-4-6-10-24(18)32-29)13-25(33-26)21-14-34-15-22(21)27-28-19(11-12-30-27)17-7-3-5-9-23(17)31-28/h3-16,31-32H,1-2H3. The van der Waals surface area contributed by atoms with Crippen LogP contribution in [-0.2, 0) is 0 Å². The summed E-state index contributed by atoms with van der Waals surface area (Å²) in [5.74, 6) is 0.299. The van der Waals surface area contributed by atoms with Crippen LogP contribution in [0, 0.1) is 0 Å². The van der Waals surface area contributed by atoms with Crippen LogP contribution in [-0.4, -0.2) is 19.9 Å². The third-order valence-electron chi connectivity index (χ3n) is 6.69. The van der Waals surface area contributed by atoms with Gasteiger partial charge in [0.25, 0.3) is 0 Å². The smallest absolute Gasteiger partial charge is 0.0958 e. The van der Waals surface area contributed by atoms with Crippen LogP contribution in [0.2, 0.25) is 0 Å². The average molecular weight is 459 g/mol. The monoisotopic (exact) mass is 458 g/mol. The molecule has 5 aromatic heterocycles. The normalized spacial score (nSPS) is 12.1. The summed E-state index contributed by atoms with van der Waals surface area (Å²) in [6.07, 6.45) is 1.91. The van der Waals surface area contributed by atoms with Crippen LogP contribution in [0.25, 0.3) is 66.1 Å². The highest BCUT2D eigenvalue weighted by Crippen LogP contribution is 2.40. The molecule has 0 spiro atoms. The first kappa shape index (κ1) is 19.5. The third-order valence-corrected chi connectivity index (χ3v) is 7.44. The molecule has 7 aromatic rings. The highest BCUT2D eigenvalue weighted by Gasteiger charge is 2.20. The first-order valence-electron chi connectivity index (χ1n) is 11.5. The van der Waals surface area contributed by atoms with E-state index < -0.39 is 0 Å². The molecule has 0 fully saturated rings. The van der Waals surface area contributed by atoms with Gasteiger partial charge in [0, 0.05) is 60.7 Å². The topological polar surface area (TPSA) is 57.4 Å². The van der Waals surface area contributed by atoms with Gasteiger partial charge in [0.15, 0.2) is 0 Å². The van der Waals surface area contributed by atoms with Crippen LogP contribution >= 0.6 is 11.3 Å². The second kappa shape index (κ2) is 7.27. The maximum absolute atomic E-state index is 5.18. The Morgan fingerprint density at radius 1 is 0.735 bits per heavy atom. The van der Waals surface area contributed by atoms with E-state index in [0.717, 1.165) is 50.3 Å². The molecule has 164 valence electrons. The molecule has 0 aliphatic carbocycles. The zero-order valence-electron chi connectivity index (χ0n) is 18.9. The number of rotatable bonds is 3. The molecule has 0 bridgehead atoms. The number of hydrogen-bond acceptors (Lipinski definition) is 3. The van der Waals surface area contributed by atoms with Crippen molar-refractivity contribution in [3.05, 3.63) is 83.3 Å². The first-order chi connectivity index (χ1) is 16.7. The van der Waals surface area contributed by atoms with Crippen LogP contribution in [0.5, 0.6) is 0 Å². The van der Waals surface area contributed by atoms with Crippen molar-refractivity contribution in [3.63, 3.8) is 0 Å². The van der Waals surface area contributed by atoms with Gasteiger partial charge in [-0.05, 0) is 30.2 Å². The van der Waals surface area contributed by atoms with E-state index in [1.807, 2.05) is 6.20 Å². The lowest BCUT2D eigenvalue weighted by atomic mass is 10.0. The molecule has 2 N–H and O–H groups in total. The minimum absolute atomic E-state index is 0.299. The minimum Gasteiger partial charge on any atom is -0.353 e. The Morgan fingerprint density at radius 2 is 1.41 bits per heavy atom. The molecule has 0 amide bonds. The number of hydrogen-bond donors (Lipinski definition) is 2. The summed E-state index contributed by atoms with van der Waals surface area (Å²) in [7, 11) is 0. The van der Waals surface area contributed by atoms with E-state index in [1.165, 1.54) is 21.5 Å². The summed E-state index contributed by atoms with van der Waals surface area (Å²) < 4.78 is 0. The Balaban J connectivity index is 1.50. The molecule has 4 nitrogen and oxygen atoms in total. The van der Waals surface area contributed by atoms with Gasteiger partial charge in [0.2, 0.25) is 0 Å². The molecule has 0 atom stereocenters. The Morgan fingerprint density at radius 3 is 2.18 bits per heavy atom. The highest BCUT2D eigenvalue weighted by molar-refractivity contribution is 7.08. The van der Waals surface area contributed by atoms with Gasteiger partial charge in [-0.3, -0.25) is 9.97 Å². The number of H-pyrrole nitrogens is 2. The van der Waals surface area contributed by atoms with E-state index in [-0.39, 0.29) is 0 Å². The molecule has 0 aliphatic heterocycles. The zero-order chi connectivity index (χ0) is 22.8. The van der Waals surface area contributed by atoms with Crippen molar-refractivity contribution < 1.29 is 0 Å². The molecular formula is C29H22N4S. The lowest BCUT2D eigenvalue weighted by molar-refractivity contribution is 0.833. The molecule has 0 saturated heterocycles. The van der Waals surface area contributed by atoms with Crippen LogP contribution in [0.1, 0.15) is 25.5 Å². The third kappa shape index (κ3) is 2.77. The van der Waals surface area contributed by atoms with E-state index >= 15 is 0 Å². The van der Waals surface area contributed by atoms with E-state index in [9.17, 15) is 0 Å². The molecule has 7 rings (SSSR count). The quantitative estimate of drug-likeness (QED) is 0.280. The Hall–Kier alpha value is -3.96. The molecule has 0 unspecified atom stereocenters. The predicted octanol–water partition coefficient (Wildman–Crippen LogP) is 8.26. The van der Waals surface area contributed by atoms with E-state index in [4.69, 9.17) is 9.97 Å². The van der Waals surface area contributed by atoms with Crippen molar-refractivity contribution in [2.24, 2.45) is 0 Å². The molecule has 34 heavy (non-hydrogen) atoms. The zero-order valence-corrected chi connectivity index (χ0v) is 19.7. The second-order valence-corrected chi connectivity index (χ2v) is 9.84. The molecule has 0 aliphatic rings. The molecule has 0 saturated carbocycles. The Bertz CT molecular complexity index is 1850. The number of aromatic nitrogens is 4. The number of benzene rings is 2. The molecular weight excluding hydrogens is 436 g/mol. The van der Waals surface area contributed by atoms with Crippen molar-refractivity contribution in [3.8, 4) is 22.5 Å². The summed E-state index contributed by atoms with van der Waals surface area (Å²) in [6, 6.07) is 21.2. The van der Waals surface area contributed by atoms with Crippen molar-refractivity contribution >= 4 is 54.9 Å². The molecule has 2 aromatic carbocycles. The number of thiophene rings is 1. The van der Waals surface area contributed by atoms with Crippen molar-refractivity contribution in [1.29, 1.82) is 0 Å². The Labute approximate surface area is 200 Å². The number of nitrogens with zero attached hydrogens (tertiary/aromatic N) is 2. The average Bonchev–Trinajstić information content (AvgIpc) is 3.58. The van der Waals surface area contributed by atoms with Gasteiger partial charge >= 0.3 is 0 Å². The maximum atomic E-state index is 5.18. The van der Waals surface area contributed by atoms with Gasteiger partial charge in [0.05, 0.1) is 28.1 Å². The van der Waals surface area contributed by atoms with Crippen LogP contribution in [0.4, 0.5) is 0 Å². The fraction of sp³-hybridized carbons (Fsp3) is 0.103. The lowest BCUT2D eigenvalue weighted by Gasteiger charge is -2.11. The summed E-state index contributed by atoms with van der Waals surface area (Å²) >= 11 is 1.69. The number of pyridine rings is 2. The molecule has 5 heterocycles. The van der Waals surface area contributed by atoms with Gasteiger partial charge in [-0.25, -0.2) is 0 Å². The fourth-order valence-electron chi connectivity index (χ4n) is 5.08. The number of fused-ring (bicyclic) bond motifs is 6. The minimum atomic E-state index is 0.299. The molecule has 5 heteroatoms. The first-order valence-corrected chi connectivity index (χ1v) is 12.5. The predicted molar refractivity (Wildman–Crippen MR) is 144 cm³/mol.